The molecule has 0 heterocycles. The average molecular weight is 271 g/mol. The number of nitrogens with zero attached hydrogens (tertiary/aromatic N) is 1. The SMILES string of the molecule is COc1cccc(C=Nc2cc(C)c(C)cc2O)c1O. The van der Waals surface area contributed by atoms with Crippen LogP contribution in [-0.2, 0) is 0 Å². The Balaban J connectivity index is 2.37. The van der Waals surface area contributed by atoms with Crippen molar-refractivity contribution in [3.05, 3.63) is 47.0 Å². The van der Waals surface area contributed by atoms with Crippen molar-refractivity contribution in [1.82, 2.24) is 0 Å². The van der Waals surface area contributed by atoms with Crippen molar-refractivity contribution < 1.29 is 14.9 Å². The van der Waals surface area contributed by atoms with Gasteiger partial charge in [0.2, 0.25) is 0 Å². The van der Waals surface area contributed by atoms with Crippen LogP contribution in [0.1, 0.15) is 16.7 Å². The summed E-state index contributed by atoms with van der Waals surface area (Å²) in [5, 5.41) is 19.8. The van der Waals surface area contributed by atoms with Gasteiger partial charge in [-0.15, -0.1) is 0 Å². The molecule has 0 aliphatic heterocycles. The Morgan fingerprint density at radius 3 is 2.50 bits per heavy atom. The minimum Gasteiger partial charge on any atom is -0.506 e. The van der Waals surface area contributed by atoms with Gasteiger partial charge in [-0.05, 0) is 49.2 Å². The van der Waals surface area contributed by atoms with Crippen LogP contribution in [-0.4, -0.2) is 23.5 Å². The normalized spacial score (nSPS) is 10.9. The summed E-state index contributed by atoms with van der Waals surface area (Å²) in [7, 11) is 1.49. The van der Waals surface area contributed by atoms with Crippen LogP contribution in [0.25, 0.3) is 0 Å². The third kappa shape index (κ3) is 2.74. The number of hydrogen-bond donors (Lipinski definition) is 2. The zero-order chi connectivity index (χ0) is 14.7. The van der Waals surface area contributed by atoms with E-state index in [1.165, 1.54) is 13.3 Å². The number of benzene rings is 2. The van der Waals surface area contributed by atoms with E-state index in [1.54, 1.807) is 30.3 Å². The second-order valence-electron chi connectivity index (χ2n) is 4.58. The lowest BCUT2D eigenvalue weighted by Gasteiger charge is -2.06. The molecule has 2 N–H and O–H groups in total. The second-order valence-corrected chi connectivity index (χ2v) is 4.58. The van der Waals surface area contributed by atoms with E-state index < -0.39 is 0 Å². The minimum absolute atomic E-state index is 0.0297. The summed E-state index contributed by atoms with van der Waals surface area (Å²) < 4.78 is 5.04. The van der Waals surface area contributed by atoms with Gasteiger partial charge in [0.15, 0.2) is 11.5 Å². The molecule has 2 rings (SSSR count). The lowest BCUT2D eigenvalue weighted by molar-refractivity contribution is 0.373. The molecule has 0 amide bonds. The Bertz CT molecular complexity index is 663. The van der Waals surface area contributed by atoms with E-state index >= 15 is 0 Å². The Hall–Kier alpha value is -2.49. The molecule has 0 aromatic heterocycles. The molecule has 104 valence electrons. The second kappa shape index (κ2) is 5.65. The third-order valence-electron chi connectivity index (χ3n) is 3.18. The van der Waals surface area contributed by atoms with Crippen molar-refractivity contribution in [3.8, 4) is 17.2 Å². The number of phenolic OH excluding ortho intramolecular Hbond substituents is 2. The number of aliphatic imine (C=N–C) groups is 1. The Labute approximate surface area is 118 Å². The molecular formula is C16H17NO3. The van der Waals surface area contributed by atoms with E-state index in [2.05, 4.69) is 4.99 Å². The molecule has 0 fully saturated rings. The topological polar surface area (TPSA) is 62.0 Å². The maximum absolute atomic E-state index is 9.96. The number of rotatable bonds is 3. The van der Waals surface area contributed by atoms with Crippen molar-refractivity contribution in [2.45, 2.75) is 13.8 Å². The molecular weight excluding hydrogens is 254 g/mol. The molecule has 2 aromatic rings. The molecule has 20 heavy (non-hydrogen) atoms. The van der Waals surface area contributed by atoms with Crippen LogP contribution < -0.4 is 4.74 Å². The van der Waals surface area contributed by atoms with Crippen molar-refractivity contribution in [1.29, 1.82) is 0 Å². The number of aryl methyl sites for hydroxylation is 2. The fourth-order valence-corrected chi connectivity index (χ4v) is 1.84. The van der Waals surface area contributed by atoms with Crippen LogP contribution in [0.4, 0.5) is 5.69 Å². The molecule has 0 aliphatic rings. The molecule has 2 aromatic carbocycles. The van der Waals surface area contributed by atoms with Gasteiger partial charge in [0, 0.05) is 11.8 Å². The molecule has 0 bridgehead atoms. The van der Waals surface area contributed by atoms with E-state index in [4.69, 9.17) is 4.74 Å². The van der Waals surface area contributed by atoms with E-state index in [1.807, 2.05) is 13.8 Å². The third-order valence-corrected chi connectivity index (χ3v) is 3.18. The first-order valence-electron chi connectivity index (χ1n) is 6.23. The van der Waals surface area contributed by atoms with Crippen LogP contribution in [0, 0.1) is 13.8 Å². The monoisotopic (exact) mass is 271 g/mol. The highest BCUT2D eigenvalue weighted by molar-refractivity contribution is 5.87. The van der Waals surface area contributed by atoms with E-state index in [9.17, 15) is 10.2 Å². The zero-order valence-electron chi connectivity index (χ0n) is 11.7. The summed E-state index contributed by atoms with van der Waals surface area (Å²) in [5.74, 6) is 0.534. The highest BCUT2D eigenvalue weighted by Crippen LogP contribution is 2.31. The predicted octanol–water partition coefficient (Wildman–Crippen LogP) is 3.47. The summed E-state index contributed by atoms with van der Waals surface area (Å²) >= 11 is 0. The number of ether oxygens (including phenoxy) is 1. The number of methoxy groups -OCH3 is 1. The summed E-state index contributed by atoms with van der Waals surface area (Å²) in [6.07, 6.45) is 1.50. The van der Waals surface area contributed by atoms with E-state index in [0.717, 1.165) is 11.1 Å². The highest BCUT2D eigenvalue weighted by atomic mass is 16.5. The molecule has 0 aliphatic carbocycles. The maximum atomic E-state index is 9.96. The molecule has 0 spiro atoms. The number of phenols is 2. The van der Waals surface area contributed by atoms with Gasteiger partial charge < -0.3 is 14.9 Å². The predicted molar refractivity (Wildman–Crippen MR) is 79.5 cm³/mol. The van der Waals surface area contributed by atoms with E-state index in [-0.39, 0.29) is 11.5 Å². The van der Waals surface area contributed by atoms with Crippen molar-refractivity contribution in [3.63, 3.8) is 0 Å². The summed E-state index contributed by atoms with van der Waals surface area (Å²) in [4.78, 5) is 4.22. The molecule has 4 heteroatoms. The summed E-state index contributed by atoms with van der Waals surface area (Å²) in [5.41, 5.74) is 3.05. The largest absolute Gasteiger partial charge is 0.506 e. The van der Waals surface area contributed by atoms with Crippen molar-refractivity contribution >= 4 is 11.9 Å². The van der Waals surface area contributed by atoms with Crippen LogP contribution in [0.3, 0.4) is 0 Å². The van der Waals surface area contributed by atoms with Crippen LogP contribution in [0.15, 0.2) is 35.3 Å². The first-order valence-corrected chi connectivity index (χ1v) is 6.23. The highest BCUT2D eigenvalue weighted by Gasteiger charge is 2.06. The van der Waals surface area contributed by atoms with Gasteiger partial charge >= 0.3 is 0 Å². The standard InChI is InChI=1S/C16H17NO3/c1-10-7-13(14(18)8-11(10)2)17-9-12-5-4-6-15(20-3)16(12)19/h4-9,18-19H,1-3H3. The number of aromatic hydroxyl groups is 2. The lowest BCUT2D eigenvalue weighted by atomic mass is 10.1. The molecule has 0 saturated heterocycles. The number of hydrogen-bond acceptors (Lipinski definition) is 4. The smallest absolute Gasteiger partial charge is 0.166 e. The van der Waals surface area contributed by atoms with Gasteiger partial charge in [-0.3, -0.25) is 4.99 Å². The summed E-state index contributed by atoms with van der Waals surface area (Å²) in [6.45, 7) is 3.88. The zero-order valence-corrected chi connectivity index (χ0v) is 11.7. The first-order chi connectivity index (χ1) is 9.52. The minimum atomic E-state index is 0.0297. The Morgan fingerprint density at radius 1 is 1.10 bits per heavy atom. The average Bonchev–Trinajstić information content (AvgIpc) is 2.43. The number of para-hydroxylation sites is 1. The Kier molecular flexibility index (Phi) is 3.94. The fraction of sp³-hybridized carbons (Fsp3) is 0.188. The van der Waals surface area contributed by atoms with Crippen LogP contribution in [0.2, 0.25) is 0 Å². The molecule has 0 radical (unpaired) electrons. The summed E-state index contributed by atoms with van der Waals surface area (Å²) in [6, 6.07) is 8.63. The van der Waals surface area contributed by atoms with Gasteiger partial charge in [-0.1, -0.05) is 6.07 Å². The van der Waals surface area contributed by atoms with Gasteiger partial charge in [0.1, 0.15) is 11.4 Å². The van der Waals surface area contributed by atoms with Crippen LogP contribution in [0.5, 0.6) is 17.2 Å². The van der Waals surface area contributed by atoms with Crippen LogP contribution >= 0.6 is 0 Å². The maximum Gasteiger partial charge on any atom is 0.166 e. The fourth-order valence-electron chi connectivity index (χ4n) is 1.84. The van der Waals surface area contributed by atoms with Gasteiger partial charge in [0.05, 0.1) is 7.11 Å². The lowest BCUT2D eigenvalue weighted by Crippen LogP contribution is -1.88. The van der Waals surface area contributed by atoms with Gasteiger partial charge in [0.25, 0.3) is 0 Å². The molecule has 0 saturated carbocycles. The van der Waals surface area contributed by atoms with Gasteiger partial charge in [-0.25, -0.2) is 0 Å². The quantitative estimate of drug-likeness (QED) is 0.840. The molecule has 4 nitrogen and oxygen atoms in total. The van der Waals surface area contributed by atoms with Crippen molar-refractivity contribution in [2.24, 2.45) is 4.99 Å². The molecule has 0 atom stereocenters. The van der Waals surface area contributed by atoms with Crippen molar-refractivity contribution in [2.75, 3.05) is 7.11 Å². The van der Waals surface area contributed by atoms with Gasteiger partial charge in [-0.2, -0.15) is 0 Å². The Morgan fingerprint density at radius 2 is 1.80 bits per heavy atom. The molecule has 0 unspecified atom stereocenters. The first kappa shape index (κ1) is 13.9. The van der Waals surface area contributed by atoms with E-state index in [0.29, 0.717) is 17.0 Å².